The highest BCUT2D eigenvalue weighted by molar-refractivity contribution is 8.03. The molecular formula is C21H18FN3O2S. The molecule has 0 spiro atoms. The van der Waals surface area contributed by atoms with Gasteiger partial charge in [0.05, 0.1) is 22.4 Å². The summed E-state index contributed by atoms with van der Waals surface area (Å²) in [4.78, 5) is 24.4. The van der Waals surface area contributed by atoms with E-state index in [1.54, 1.807) is 0 Å². The van der Waals surface area contributed by atoms with E-state index < -0.39 is 0 Å². The van der Waals surface area contributed by atoms with E-state index in [1.807, 2.05) is 31.2 Å². The van der Waals surface area contributed by atoms with Gasteiger partial charge in [-0.2, -0.15) is 5.26 Å². The molecule has 2 N–H and O–H groups in total. The summed E-state index contributed by atoms with van der Waals surface area (Å²) in [6, 6.07) is 15.3. The summed E-state index contributed by atoms with van der Waals surface area (Å²) in [6.45, 7) is 1.94. The van der Waals surface area contributed by atoms with Gasteiger partial charge in [0.1, 0.15) is 5.82 Å². The second-order valence-electron chi connectivity index (χ2n) is 6.36. The van der Waals surface area contributed by atoms with Crippen LogP contribution in [-0.4, -0.2) is 17.6 Å². The summed E-state index contributed by atoms with van der Waals surface area (Å²) >= 11 is 1.11. The van der Waals surface area contributed by atoms with E-state index in [-0.39, 0.29) is 35.7 Å². The highest BCUT2D eigenvalue weighted by Crippen LogP contribution is 2.37. The Hall–Kier alpha value is -3.11. The average molecular weight is 395 g/mol. The second-order valence-corrected chi connectivity index (χ2v) is 7.35. The van der Waals surface area contributed by atoms with Crippen molar-refractivity contribution in [3.05, 3.63) is 76.1 Å². The zero-order chi connectivity index (χ0) is 20.1. The van der Waals surface area contributed by atoms with E-state index >= 15 is 0 Å². The maximum Gasteiger partial charge on any atom is 0.234 e. The van der Waals surface area contributed by atoms with Crippen LogP contribution in [0.15, 0.2) is 59.1 Å². The lowest BCUT2D eigenvalue weighted by Gasteiger charge is -2.26. The second kappa shape index (κ2) is 8.72. The van der Waals surface area contributed by atoms with Crippen molar-refractivity contribution >= 4 is 29.3 Å². The molecule has 1 aliphatic heterocycles. The molecule has 1 atom stereocenters. The van der Waals surface area contributed by atoms with Crippen molar-refractivity contribution in [3.63, 3.8) is 0 Å². The summed E-state index contributed by atoms with van der Waals surface area (Å²) in [5.74, 6) is -1.20. The fourth-order valence-corrected chi connectivity index (χ4v) is 3.92. The monoisotopic (exact) mass is 395 g/mol. The van der Waals surface area contributed by atoms with Crippen LogP contribution in [0.5, 0.6) is 0 Å². The number of hydrogen-bond acceptors (Lipinski definition) is 4. The van der Waals surface area contributed by atoms with Crippen molar-refractivity contribution in [2.75, 3.05) is 11.1 Å². The van der Waals surface area contributed by atoms with Crippen molar-refractivity contribution in [1.29, 1.82) is 5.26 Å². The van der Waals surface area contributed by atoms with E-state index in [4.69, 9.17) is 0 Å². The smallest absolute Gasteiger partial charge is 0.234 e. The molecule has 28 heavy (non-hydrogen) atoms. The van der Waals surface area contributed by atoms with E-state index in [0.717, 1.165) is 22.9 Å². The van der Waals surface area contributed by atoms with E-state index in [9.17, 15) is 19.2 Å². The molecule has 5 nitrogen and oxygen atoms in total. The van der Waals surface area contributed by atoms with Gasteiger partial charge in [0.15, 0.2) is 0 Å². The fourth-order valence-electron chi connectivity index (χ4n) is 3.04. The molecule has 0 aromatic heterocycles. The third kappa shape index (κ3) is 4.59. The molecule has 0 saturated carbocycles. The van der Waals surface area contributed by atoms with Crippen molar-refractivity contribution in [1.82, 2.24) is 5.32 Å². The summed E-state index contributed by atoms with van der Waals surface area (Å²) in [5, 5.41) is 15.5. The van der Waals surface area contributed by atoms with Crippen LogP contribution in [0.25, 0.3) is 0 Å². The van der Waals surface area contributed by atoms with Crippen molar-refractivity contribution in [2.24, 2.45) is 0 Å². The zero-order valence-electron chi connectivity index (χ0n) is 15.2. The minimum absolute atomic E-state index is 0.0126. The number of nitriles is 1. The number of nitrogens with zero attached hydrogens (tertiary/aromatic N) is 1. The van der Waals surface area contributed by atoms with Crippen molar-refractivity contribution in [3.8, 4) is 6.07 Å². The van der Waals surface area contributed by atoms with E-state index in [0.29, 0.717) is 16.3 Å². The summed E-state index contributed by atoms with van der Waals surface area (Å²) < 4.78 is 12.9. The molecule has 0 fully saturated rings. The van der Waals surface area contributed by atoms with Gasteiger partial charge in [-0.1, -0.05) is 36.0 Å². The SMILES string of the molecule is Cc1ccccc1[C@@H]1CC(=O)NC(SCC(=O)Nc2ccc(F)cc2)=C1C#N. The summed E-state index contributed by atoms with van der Waals surface area (Å²) in [6.07, 6.45) is 0.194. The van der Waals surface area contributed by atoms with Crippen LogP contribution in [0.1, 0.15) is 23.5 Å². The quantitative estimate of drug-likeness (QED) is 0.806. The molecule has 0 unspecified atom stereocenters. The Morgan fingerprint density at radius 3 is 2.68 bits per heavy atom. The molecule has 0 bridgehead atoms. The Kier molecular flexibility index (Phi) is 6.12. The van der Waals surface area contributed by atoms with Gasteiger partial charge in [0.2, 0.25) is 11.8 Å². The van der Waals surface area contributed by atoms with Gasteiger partial charge in [0, 0.05) is 18.0 Å². The van der Waals surface area contributed by atoms with Crippen LogP contribution >= 0.6 is 11.8 Å². The lowest BCUT2D eigenvalue weighted by Crippen LogP contribution is -2.31. The molecule has 2 amide bonds. The Morgan fingerprint density at radius 2 is 2.00 bits per heavy atom. The van der Waals surface area contributed by atoms with E-state index in [1.165, 1.54) is 24.3 Å². The highest BCUT2D eigenvalue weighted by atomic mass is 32.2. The first kappa shape index (κ1) is 19.6. The number of hydrogen-bond donors (Lipinski definition) is 2. The third-order valence-electron chi connectivity index (χ3n) is 4.40. The fraction of sp³-hybridized carbons (Fsp3) is 0.190. The molecule has 1 aliphatic rings. The number of rotatable bonds is 5. The molecular weight excluding hydrogens is 377 g/mol. The Labute approximate surface area is 166 Å². The van der Waals surface area contributed by atoms with Crippen LogP contribution in [0.4, 0.5) is 10.1 Å². The topological polar surface area (TPSA) is 82.0 Å². The van der Waals surface area contributed by atoms with Crippen LogP contribution < -0.4 is 10.6 Å². The lowest BCUT2D eigenvalue weighted by atomic mass is 9.85. The Balaban J connectivity index is 1.76. The number of nitrogens with one attached hydrogen (secondary N) is 2. The largest absolute Gasteiger partial charge is 0.325 e. The Morgan fingerprint density at radius 1 is 1.29 bits per heavy atom. The van der Waals surface area contributed by atoms with Gasteiger partial charge in [-0.05, 0) is 42.3 Å². The molecule has 0 radical (unpaired) electrons. The number of amides is 2. The number of carbonyl (C=O) groups excluding carboxylic acids is 2. The maximum atomic E-state index is 12.9. The first-order chi connectivity index (χ1) is 13.5. The number of halogens is 1. The molecule has 3 rings (SSSR count). The number of benzene rings is 2. The zero-order valence-corrected chi connectivity index (χ0v) is 16.0. The minimum Gasteiger partial charge on any atom is -0.325 e. The van der Waals surface area contributed by atoms with Gasteiger partial charge in [-0.25, -0.2) is 4.39 Å². The number of anilines is 1. The van der Waals surface area contributed by atoms with Gasteiger partial charge >= 0.3 is 0 Å². The third-order valence-corrected chi connectivity index (χ3v) is 5.41. The van der Waals surface area contributed by atoms with Gasteiger partial charge in [-0.15, -0.1) is 0 Å². The van der Waals surface area contributed by atoms with Gasteiger partial charge in [-0.3, -0.25) is 9.59 Å². The number of aryl methyl sites for hydroxylation is 1. The molecule has 7 heteroatoms. The predicted octanol–water partition coefficient (Wildman–Crippen LogP) is 3.84. The Bertz CT molecular complexity index is 980. The van der Waals surface area contributed by atoms with Crippen molar-refractivity contribution < 1.29 is 14.0 Å². The number of allylic oxidation sites excluding steroid dienone is 1. The molecule has 0 aliphatic carbocycles. The summed E-state index contributed by atoms with van der Waals surface area (Å²) in [7, 11) is 0. The molecule has 2 aromatic rings. The summed E-state index contributed by atoms with van der Waals surface area (Å²) in [5.41, 5.74) is 2.87. The van der Waals surface area contributed by atoms with Crippen molar-refractivity contribution in [2.45, 2.75) is 19.3 Å². The lowest BCUT2D eigenvalue weighted by molar-refractivity contribution is -0.121. The maximum absolute atomic E-state index is 12.9. The average Bonchev–Trinajstić information content (AvgIpc) is 2.68. The standard InChI is InChI=1S/C21H18FN3O2S/c1-13-4-2-3-5-16(13)17-10-19(26)25-21(18(17)11-23)28-12-20(27)24-15-8-6-14(22)7-9-15/h2-9,17H,10,12H2,1H3,(H,24,27)(H,25,26)/t17-/m0/s1. The first-order valence-electron chi connectivity index (χ1n) is 8.66. The molecule has 2 aromatic carbocycles. The molecule has 0 saturated heterocycles. The minimum atomic E-state index is -0.386. The van der Waals surface area contributed by atoms with Crippen LogP contribution in [0, 0.1) is 24.1 Å². The highest BCUT2D eigenvalue weighted by Gasteiger charge is 2.30. The predicted molar refractivity (Wildman–Crippen MR) is 107 cm³/mol. The number of carbonyl (C=O) groups is 2. The number of thioether (sulfide) groups is 1. The van der Waals surface area contributed by atoms with Gasteiger partial charge < -0.3 is 10.6 Å². The van der Waals surface area contributed by atoms with Crippen LogP contribution in [0.3, 0.4) is 0 Å². The van der Waals surface area contributed by atoms with Crippen LogP contribution in [-0.2, 0) is 9.59 Å². The first-order valence-corrected chi connectivity index (χ1v) is 9.64. The molecule has 1 heterocycles. The normalized spacial score (nSPS) is 16.3. The molecule has 142 valence electrons. The van der Waals surface area contributed by atoms with E-state index in [2.05, 4.69) is 16.7 Å². The van der Waals surface area contributed by atoms with Crippen LogP contribution in [0.2, 0.25) is 0 Å². The van der Waals surface area contributed by atoms with Gasteiger partial charge in [0.25, 0.3) is 0 Å².